The minimum atomic E-state index is -0.0242. The molecule has 34 heavy (non-hydrogen) atoms. The third-order valence-electron chi connectivity index (χ3n) is 5.79. The minimum absolute atomic E-state index is 0.0199. The van der Waals surface area contributed by atoms with Crippen LogP contribution in [0.3, 0.4) is 0 Å². The second-order valence-corrected chi connectivity index (χ2v) is 8.78. The van der Waals surface area contributed by atoms with Crippen molar-refractivity contribution < 1.29 is 9.59 Å². The van der Waals surface area contributed by atoms with Crippen LogP contribution in [-0.4, -0.2) is 57.8 Å². The van der Waals surface area contributed by atoms with E-state index in [1.807, 2.05) is 54.6 Å². The number of anilines is 1. The van der Waals surface area contributed by atoms with Crippen LogP contribution in [-0.2, 0) is 0 Å². The molecule has 8 heteroatoms. The molecular formula is C26H23N5O2S. The topological polar surface area (TPSA) is 78.4 Å². The first-order valence-corrected chi connectivity index (χ1v) is 11.9. The number of piperazine rings is 1. The van der Waals surface area contributed by atoms with Gasteiger partial charge in [-0.15, -0.1) is 0 Å². The summed E-state index contributed by atoms with van der Waals surface area (Å²) in [4.78, 5) is 38.6. The number of nitrogens with one attached hydrogen (secondary N) is 1. The van der Waals surface area contributed by atoms with E-state index in [1.165, 1.54) is 11.9 Å². The van der Waals surface area contributed by atoms with Crippen molar-refractivity contribution in [1.82, 2.24) is 19.8 Å². The molecule has 0 saturated carbocycles. The van der Waals surface area contributed by atoms with Crippen LogP contribution < -0.4 is 4.72 Å². The number of aromatic nitrogens is 2. The van der Waals surface area contributed by atoms with Crippen molar-refractivity contribution in [1.29, 1.82) is 0 Å². The molecule has 170 valence electrons. The molecule has 0 aliphatic carbocycles. The normalized spacial score (nSPS) is 13.6. The molecule has 5 rings (SSSR count). The number of hydrogen-bond donors (Lipinski definition) is 1. The Bertz CT molecular complexity index is 1300. The fraction of sp³-hybridized carbons (Fsp3) is 0.154. The van der Waals surface area contributed by atoms with Gasteiger partial charge in [-0.05, 0) is 60.5 Å². The van der Waals surface area contributed by atoms with Crippen molar-refractivity contribution in [3.63, 3.8) is 0 Å². The first-order chi connectivity index (χ1) is 16.7. The smallest absolute Gasteiger partial charge is 0.254 e. The monoisotopic (exact) mass is 469 g/mol. The number of amides is 2. The van der Waals surface area contributed by atoms with Gasteiger partial charge in [0.25, 0.3) is 11.8 Å². The molecule has 1 fully saturated rings. The van der Waals surface area contributed by atoms with E-state index >= 15 is 0 Å². The Kier molecular flexibility index (Phi) is 6.40. The van der Waals surface area contributed by atoms with Gasteiger partial charge in [-0.3, -0.25) is 19.6 Å². The summed E-state index contributed by atoms with van der Waals surface area (Å²) in [5, 5.41) is 1.10. The number of fused-ring (bicyclic) bond motifs is 1. The molecule has 1 aliphatic rings. The molecule has 2 aromatic carbocycles. The van der Waals surface area contributed by atoms with Crippen molar-refractivity contribution in [3.8, 4) is 0 Å². The van der Waals surface area contributed by atoms with Crippen LogP contribution in [0.2, 0.25) is 0 Å². The number of para-hydroxylation sites is 1. The summed E-state index contributed by atoms with van der Waals surface area (Å²) in [5.41, 5.74) is 3.12. The van der Waals surface area contributed by atoms with E-state index in [9.17, 15) is 9.59 Å². The number of carbonyl (C=O) groups is 2. The fourth-order valence-corrected chi connectivity index (χ4v) is 4.70. The van der Waals surface area contributed by atoms with Gasteiger partial charge < -0.3 is 14.5 Å². The average molecular weight is 470 g/mol. The Morgan fingerprint density at radius 2 is 1.35 bits per heavy atom. The highest BCUT2D eigenvalue weighted by atomic mass is 32.2. The number of pyridine rings is 2. The van der Waals surface area contributed by atoms with E-state index in [2.05, 4.69) is 14.7 Å². The first-order valence-electron chi connectivity index (χ1n) is 11.0. The van der Waals surface area contributed by atoms with Gasteiger partial charge in [0.05, 0.1) is 10.4 Å². The van der Waals surface area contributed by atoms with Crippen LogP contribution in [0.15, 0.2) is 90.2 Å². The summed E-state index contributed by atoms with van der Waals surface area (Å²) < 4.78 is 3.34. The Morgan fingerprint density at radius 3 is 2.03 bits per heavy atom. The van der Waals surface area contributed by atoms with Crippen LogP contribution in [0.4, 0.5) is 5.69 Å². The number of nitrogens with zero attached hydrogens (tertiary/aromatic N) is 4. The van der Waals surface area contributed by atoms with Crippen LogP contribution >= 0.6 is 11.9 Å². The molecule has 0 spiro atoms. The Morgan fingerprint density at radius 1 is 0.735 bits per heavy atom. The largest absolute Gasteiger partial charge is 0.335 e. The number of hydrogen-bond acceptors (Lipinski definition) is 6. The maximum Gasteiger partial charge on any atom is 0.254 e. The quantitative estimate of drug-likeness (QED) is 0.438. The third kappa shape index (κ3) is 4.72. The lowest BCUT2D eigenvalue weighted by Gasteiger charge is -2.34. The van der Waals surface area contributed by atoms with E-state index < -0.39 is 0 Å². The SMILES string of the molecule is O=C(c1ccncc1)N1CCN(C(=O)c2ccc(NSc3cccc4cccnc34)cc2)CC1. The number of rotatable bonds is 5. The maximum absolute atomic E-state index is 13.0. The first kappa shape index (κ1) is 21.9. The number of benzene rings is 2. The molecule has 0 radical (unpaired) electrons. The average Bonchev–Trinajstić information content (AvgIpc) is 2.92. The van der Waals surface area contributed by atoms with Gasteiger partial charge in [-0.25, -0.2) is 0 Å². The molecule has 0 atom stereocenters. The molecule has 4 aromatic rings. The predicted molar refractivity (Wildman–Crippen MR) is 134 cm³/mol. The van der Waals surface area contributed by atoms with E-state index in [4.69, 9.17) is 0 Å². The molecule has 7 nitrogen and oxygen atoms in total. The second kappa shape index (κ2) is 9.93. The standard InChI is InChI=1S/C26H23N5O2S/c32-25(30-15-17-31(18-16-30)26(33)21-10-13-27-14-11-21)20-6-8-22(9-7-20)29-34-23-5-1-3-19-4-2-12-28-24(19)23/h1-14,29H,15-18H2. The highest BCUT2D eigenvalue weighted by Crippen LogP contribution is 2.27. The van der Waals surface area contributed by atoms with Gasteiger partial charge in [0, 0.05) is 67.0 Å². The molecule has 0 unspecified atom stereocenters. The van der Waals surface area contributed by atoms with Crippen molar-refractivity contribution in [2.45, 2.75) is 4.90 Å². The molecule has 1 aliphatic heterocycles. The zero-order valence-electron chi connectivity index (χ0n) is 18.4. The van der Waals surface area contributed by atoms with Gasteiger partial charge in [0.2, 0.25) is 0 Å². The van der Waals surface area contributed by atoms with Crippen LogP contribution in [0, 0.1) is 0 Å². The minimum Gasteiger partial charge on any atom is -0.335 e. The van der Waals surface area contributed by atoms with Crippen molar-refractivity contribution in [2.75, 3.05) is 30.9 Å². The second-order valence-electron chi connectivity index (χ2n) is 7.93. The highest BCUT2D eigenvalue weighted by molar-refractivity contribution is 8.00. The molecule has 2 amide bonds. The summed E-state index contributed by atoms with van der Waals surface area (Å²) in [6.45, 7) is 2.06. The summed E-state index contributed by atoms with van der Waals surface area (Å²) in [6.07, 6.45) is 5.02. The molecule has 3 heterocycles. The lowest BCUT2D eigenvalue weighted by Crippen LogP contribution is -2.50. The summed E-state index contributed by atoms with van der Waals surface area (Å²) in [7, 11) is 0. The fourth-order valence-electron chi connectivity index (χ4n) is 3.93. The number of carbonyl (C=O) groups excluding carboxylic acids is 2. The maximum atomic E-state index is 13.0. The van der Waals surface area contributed by atoms with Gasteiger partial charge in [-0.2, -0.15) is 0 Å². The zero-order valence-corrected chi connectivity index (χ0v) is 19.2. The molecule has 1 N–H and O–H groups in total. The zero-order chi connectivity index (χ0) is 23.3. The lowest BCUT2D eigenvalue weighted by atomic mass is 10.1. The molecular weight excluding hydrogens is 446 g/mol. The Labute approximate surface area is 202 Å². The van der Waals surface area contributed by atoms with Gasteiger partial charge >= 0.3 is 0 Å². The van der Waals surface area contributed by atoms with Crippen molar-refractivity contribution >= 4 is 40.4 Å². The van der Waals surface area contributed by atoms with Gasteiger partial charge in [0.1, 0.15) is 0 Å². The Hall–Kier alpha value is -3.91. The van der Waals surface area contributed by atoms with E-state index in [0.29, 0.717) is 37.3 Å². The predicted octanol–water partition coefficient (Wildman–Crippen LogP) is 4.35. The summed E-state index contributed by atoms with van der Waals surface area (Å²) in [6, 6.07) is 21.0. The molecule has 2 aromatic heterocycles. The van der Waals surface area contributed by atoms with Crippen LogP contribution in [0.1, 0.15) is 20.7 Å². The Balaban J connectivity index is 1.17. The van der Waals surface area contributed by atoms with Crippen LogP contribution in [0.5, 0.6) is 0 Å². The van der Waals surface area contributed by atoms with Gasteiger partial charge in [-0.1, -0.05) is 18.2 Å². The van der Waals surface area contributed by atoms with E-state index in [-0.39, 0.29) is 11.8 Å². The summed E-state index contributed by atoms with van der Waals surface area (Å²) >= 11 is 1.50. The molecule has 0 bridgehead atoms. The van der Waals surface area contributed by atoms with E-state index in [0.717, 1.165) is 21.5 Å². The third-order valence-corrected chi connectivity index (χ3v) is 6.67. The molecule has 1 saturated heterocycles. The van der Waals surface area contributed by atoms with Crippen molar-refractivity contribution in [2.24, 2.45) is 0 Å². The highest BCUT2D eigenvalue weighted by Gasteiger charge is 2.25. The lowest BCUT2D eigenvalue weighted by molar-refractivity contribution is 0.0535. The summed E-state index contributed by atoms with van der Waals surface area (Å²) in [5.74, 6) is -0.0442. The van der Waals surface area contributed by atoms with Gasteiger partial charge in [0.15, 0.2) is 0 Å². The van der Waals surface area contributed by atoms with Crippen molar-refractivity contribution in [3.05, 3.63) is 96.4 Å². The van der Waals surface area contributed by atoms with Crippen LogP contribution in [0.25, 0.3) is 10.9 Å². The van der Waals surface area contributed by atoms with E-state index in [1.54, 1.807) is 40.5 Å².